The van der Waals surface area contributed by atoms with Gasteiger partial charge >= 0.3 is 6.03 Å². The average Bonchev–Trinajstić information content (AvgIpc) is 2.69. The first kappa shape index (κ1) is 19.5. The van der Waals surface area contributed by atoms with Gasteiger partial charge in [0.2, 0.25) is 0 Å². The molecule has 0 saturated carbocycles. The molecule has 0 saturated heterocycles. The minimum Gasteiger partial charge on any atom is -0.494 e. The Labute approximate surface area is 165 Å². The summed E-state index contributed by atoms with van der Waals surface area (Å²) in [6.07, 6.45) is 2.07. The molecule has 3 N–H and O–H groups in total. The van der Waals surface area contributed by atoms with Gasteiger partial charge in [-0.15, -0.1) is 0 Å². The number of benzene rings is 2. The second-order valence-electron chi connectivity index (χ2n) is 6.66. The molecule has 1 heterocycles. The molecule has 1 atom stereocenters. The van der Waals surface area contributed by atoms with E-state index in [0.29, 0.717) is 23.6 Å². The number of carbonyl (C=O) groups excluding carboxylic acids is 2. The lowest BCUT2D eigenvalue weighted by Crippen LogP contribution is -2.45. The number of amides is 3. The number of anilines is 1. The van der Waals surface area contributed by atoms with Gasteiger partial charge in [0.25, 0.3) is 5.91 Å². The van der Waals surface area contributed by atoms with Crippen LogP contribution in [-0.2, 0) is 4.79 Å². The quantitative estimate of drug-likeness (QED) is 0.633. The molecule has 0 bridgehead atoms. The van der Waals surface area contributed by atoms with Crippen LogP contribution in [0.15, 0.2) is 65.9 Å². The van der Waals surface area contributed by atoms with Gasteiger partial charge < -0.3 is 20.7 Å². The van der Waals surface area contributed by atoms with Crippen molar-refractivity contribution in [1.82, 2.24) is 10.6 Å². The minimum atomic E-state index is -0.540. The van der Waals surface area contributed by atoms with Gasteiger partial charge in [0.1, 0.15) is 5.75 Å². The van der Waals surface area contributed by atoms with Crippen molar-refractivity contribution in [3.63, 3.8) is 0 Å². The Morgan fingerprint density at radius 2 is 1.82 bits per heavy atom. The summed E-state index contributed by atoms with van der Waals surface area (Å²) in [7, 11) is 0. The normalized spacial score (nSPS) is 16.2. The third-order valence-corrected chi connectivity index (χ3v) is 4.53. The highest BCUT2D eigenvalue weighted by atomic mass is 16.5. The molecule has 2 aromatic carbocycles. The van der Waals surface area contributed by atoms with E-state index in [1.165, 1.54) is 0 Å². The van der Waals surface area contributed by atoms with Crippen LogP contribution in [-0.4, -0.2) is 18.5 Å². The maximum Gasteiger partial charge on any atom is 0.319 e. The summed E-state index contributed by atoms with van der Waals surface area (Å²) in [4.78, 5) is 24.9. The molecule has 28 heavy (non-hydrogen) atoms. The van der Waals surface area contributed by atoms with Gasteiger partial charge in [-0.3, -0.25) is 4.79 Å². The highest BCUT2D eigenvalue weighted by Crippen LogP contribution is 2.29. The molecule has 6 nitrogen and oxygen atoms in total. The van der Waals surface area contributed by atoms with Crippen LogP contribution in [0.2, 0.25) is 0 Å². The van der Waals surface area contributed by atoms with E-state index in [2.05, 4.69) is 22.9 Å². The molecular weight excluding hydrogens is 354 g/mol. The maximum atomic E-state index is 12.9. The Kier molecular flexibility index (Phi) is 6.32. The van der Waals surface area contributed by atoms with Crippen molar-refractivity contribution < 1.29 is 14.3 Å². The monoisotopic (exact) mass is 379 g/mol. The number of para-hydroxylation sites is 1. The van der Waals surface area contributed by atoms with Crippen LogP contribution < -0.4 is 20.7 Å². The van der Waals surface area contributed by atoms with Gasteiger partial charge in [-0.05, 0) is 43.2 Å². The van der Waals surface area contributed by atoms with Crippen molar-refractivity contribution in [1.29, 1.82) is 0 Å². The SMILES string of the molecule is CCCCOc1ccc([C@@H]2NC(=O)NC(C)=C2C(=O)Nc2ccccc2)cc1. The first-order valence-electron chi connectivity index (χ1n) is 9.46. The molecule has 0 fully saturated rings. The number of allylic oxidation sites excluding steroid dienone is 1. The van der Waals surface area contributed by atoms with Crippen molar-refractivity contribution in [2.75, 3.05) is 11.9 Å². The smallest absolute Gasteiger partial charge is 0.319 e. The van der Waals surface area contributed by atoms with Crippen LogP contribution >= 0.6 is 0 Å². The zero-order chi connectivity index (χ0) is 19.9. The van der Waals surface area contributed by atoms with Gasteiger partial charge in [-0.25, -0.2) is 4.79 Å². The number of carbonyl (C=O) groups is 2. The van der Waals surface area contributed by atoms with Crippen LogP contribution in [0.25, 0.3) is 0 Å². The zero-order valence-corrected chi connectivity index (χ0v) is 16.1. The largest absolute Gasteiger partial charge is 0.494 e. The third kappa shape index (κ3) is 4.71. The van der Waals surface area contributed by atoms with Gasteiger partial charge in [0.15, 0.2) is 0 Å². The van der Waals surface area contributed by atoms with E-state index in [1.54, 1.807) is 6.92 Å². The zero-order valence-electron chi connectivity index (χ0n) is 16.1. The highest BCUT2D eigenvalue weighted by Gasteiger charge is 2.31. The molecule has 146 valence electrons. The summed E-state index contributed by atoms with van der Waals surface area (Å²) in [5, 5.41) is 8.42. The molecule has 1 aliphatic rings. The molecule has 3 amide bonds. The van der Waals surface area contributed by atoms with Crippen LogP contribution in [0.3, 0.4) is 0 Å². The van der Waals surface area contributed by atoms with Crippen molar-refractivity contribution in [3.05, 3.63) is 71.4 Å². The molecular formula is C22H25N3O3. The topological polar surface area (TPSA) is 79.5 Å². The maximum absolute atomic E-state index is 12.9. The van der Waals surface area contributed by atoms with E-state index < -0.39 is 6.04 Å². The van der Waals surface area contributed by atoms with Crippen LogP contribution in [0, 0.1) is 0 Å². The Morgan fingerprint density at radius 1 is 1.11 bits per heavy atom. The fourth-order valence-electron chi connectivity index (χ4n) is 3.06. The number of nitrogens with one attached hydrogen (secondary N) is 3. The van der Waals surface area contributed by atoms with Gasteiger partial charge in [0.05, 0.1) is 18.2 Å². The predicted molar refractivity (Wildman–Crippen MR) is 109 cm³/mol. The van der Waals surface area contributed by atoms with Crippen molar-refractivity contribution in [2.24, 2.45) is 0 Å². The molecule has 0 aliphatic carbocycles. The van der Waals surface area contributed by atoms with Crippen molar-refractivity contribution in [2.45, 2.75) is 32.7 Å². The van der Waals surface area contributed by atoms with E-state index in [4.69, 9.17) is 4.74 Å². The summed E-state index contributed by atoms with van der Waals surface area (Å²) >= 11 is 0. The fourth-order valence-corrected chi connectivity index (χ4v) is 3.06. The summed E-state index contributed by atoms with van der Waals surface area (Å²) in [5.41, 5.74) is 2.52. The first-order valence-corrected chi connectivity index (χ1v) is 9.46. The highest BCUT2D eigenvalue weighted by molar-refractivity contribution is 6.06. The van der Waals surface area contributed by atoms with E-state index >= 15 is 0 Å². The summed E-state index contributed by atoms with van der Waals surface area (Å²) < 4.78 is 5.69. The first-order chi connectivity index (χ1) is 13.6. The Morgan fingerprint density at radius 3 is 2.50 bits per heavy atom. The molecule has 0 aromatic heterocycles. The fraction of sp³-hybridized carbons (Fsp3) is 0.273. The van der Waals surface area contributed by atoms with E-state index in [0.717, 1.165) is 24.2 Å². The Balaban J connectivity index is 1.82. The minimum absolute atomic E-state index is 0.260. The lowest BCUT2D eigenvalue weighted by atomic mass is 9.94. The van der Waals surface area contributed by atoms with Gasteiger partial charge in [0, 0.05) is 11.4 Å². The predicted octanol–water partition coefficient (Wildman–Crippen LogP) is 4.13. The molecule has 0 spiro atoms. The van der Waals surface area contributed by atoms with Gasteiger partial charge in [-0.2, -0.15) is 0 Å². The molecule has 0 radical (unpaired) electrons. The average molecular weight is 379 g/mol. The van der Waals surface area contributed by atoms with Gasteiger partial charge in [-0.1, -0.05) is 43.7 Å². The number of hydrogen-bond donors (Lipinski definition) is 3. The van der Waals surface area contributed by atoms with E-state index in [9.17, 15) is 9.59 Å². The number of rotatable bonds is 7. The van der Waals surface area contributed by atoms with Crippen molar-refractivity contribution in [3.8, 4) is 5.75 Å². The molecule has 6 heteroatoms. The summed E-state index contributed by atoms with van der Waals surface area (Å²) in [6.45, 7) is 4.51. The Bertz CT molecular complexity index is 860. The molecule has 3 rings (SSSR count). The van der Waals surface area contributed by atoms with Crippen molar-refractivity contribution >= 4 is 17.6 Å². The van der Waals surface area contributed by atoms with E-state index in [-0.39, 0.29) is 11.9 Å². The van der Waals surface area contributed by atoms with Crippen LogP contribution in [0.5, 0.6) is 5.75 Å². The second kappa shape index (κ2) is 9.08. The molecule has 0 unspecified atom stereocenters. The number of unbranched alkanes of at least 4 members (excludes halogenated alkanes) is 1. The number of urea groups is 1. The summed E-state index contributed by atoms with van der Waals surface area (Å²) in [6, 6.07) is 15.8. The molecule has 1 aliphatic heterocycles. The lowest BCUT2D eigenvalue weighted by Gasteiger charge is -2.28. The van der Waals surface area contributed by atoms with E-state index in [1.807, 2.05) is 54.6 Å². The number of ether oxygens (including phenoxy) is 1. The van der Waals surface area contributed by atoms with Crippen LogP contribution in [0.4, 0.5) is 10.5 Å². The summed E-state index contributed by atoms with van der Waals surface area (Å²) in [5.74, 6) is 0.512. The Hall–Kier alpha value is -3.28. The number of hydrogen-bond acceptors (Lipinski definition) is 3. The lowest BCUT2D eigenvalue weighted by molar-refractivity contribution is -0.113. The molecule has 2 aromatic rings. The second-order valence-corrected chi connectivity index (χ2v) is 6.66. The third-order valence-electron chi connectivity index (χ3n) is 4.53. The standard InChI is InChI=1S/C22H25N3O3/c1-3-4-14-28-18-12-10-16(11-13-18)20-19(15(2)23-22(27)25-20)21(26)24-17-8-6-5-7-9-17/h5-13,20H,3-4,14H2,1-2H3,(H,24,26)(H2,23,25,27)/t20-/m0/s1. The van der Waals surface area contributed by atoms with Crippen LogP contribution in [0.1, 0.15) is 38.3 Å².